The van der Waals surface area contributed by atoms with E-state index in [-0.39, 0.29) is 6.04 Å². The van der Waals surface area contributed by atoms with Crippen LogP contribution in [0.25, 0.3) is 0 Å². The molecule has 4 heteroatoms. The number of phenols is 1. The minimum atomic E-state index is 0.230. The molecule has 2 aromatic rings. The van der Waals surface area contributed by atoms with Crippen LogP contribution in [0.2, 0.25) is 0 Å². The largest absolute Gasteiger partial charge is 0.508 e. The summed E-state index contributed by atoms with van der Waals surface area (Å²) in [5.41, 5.74) is 1.10. The molecule has 1 aromatic heterocycles. The highest BCUT2D eigenvalue weighted by atomic mass is 16.3. The van der Waals surface area contributed by atoms with Crippen LogP contribution in [0.3, 0.4) is 0 Å². The average molecular weight is 245 g/mol. The summed E-state index contributed by atoms with van der Waals surface area (Å²) in [6, 6.07) is 7.62. The maximum absolute atomic E-state index is 9.51. The molecule has 96 valence electrons. The van der Waals surface area contributed by atoms with Crippen molar-refractivity contribution in [3.8, 4) is 5.75 Å². The molecule has 0 amide bonds. The number of aromatic hydroxyl groups is 1. The Labute approximate surface area is 108 Å². The van der Waals surface area contributed by atoms with Crippen molar-refractivity contribution in [2.24, 2.45) is 7.05 Å². The Kier molecular flexibility index (Phi) is 3.67. The summed E-state index contributed by atoms with van der Waals surface area (Å²) in [6.45, 7) is 2.90. The Bertz CT molecular complexity index is 521. The van der Waals surface area contributed by atoms with Gasteiger partial charge >= 0.3 is 0 Å². The number of hydrogen-bond acceptors (Lipinski definition) is 3. The fourth-order valence-corrected chi connectivity index (χ4v) is 1.95. The van der Waals surface area contributed by atoms with E-state index in [0.29, 0.717) is 5.75 Å². The van der Waals surface area contributed by atoms with Gasteiger partial charge in [0.15, 0.2) is 0 Å². The molecule has 0 aliphatic heterocycles. The molecule has 0 saturated carbocycles. The number of phenolic OH excluding ortho intramolecular Hbond substituents is 1. The van der Waals surface area contributed by atoms with Crippen molar-refractivity contribution in [3.63, 3.8) is 0 Å². The van der Waals surface area contributed by atoms with Crippen LogP contribution in [0.1, 0.15) is 24.4 Å². The number of hydrogen-bond donors (Lipinski definition) is 1. The minimum Gasteiger partial charge on any atom is -0.508 e. The summed E-state index contributed by atoms with van der Waals surface area (Å²) in [5.74, 6) is 1.34. The van der Waals surface area contributed by atoms with E-state index in [1.54, 1.807) is 12.1 Å². The molecule has 1 heterocycles. The van der Waals surface area contributed by atoms with Gasteiger partial charge in [0.2, 0.25) is 0 Å². The van der Waals surface area contributed by atoms with Gasteiger partial charge in [-0.3, -0.25) is 4.90 Å². The topological polar surface area (TPSA) is 41.3 Å². The number of imidazole rings is 1. The normalized spacial score (nSPS) is 12.9. The summed E-state index contributed by atoms with van der Waals surface area (Å²) in [5, 5.41) is 9.51. The molecule has 0 radical (unpaired) electrons. The molecule has 2 rings (SSSR count). The second kappa shape index (κ2) is 5.23. The molecule has 0 saturated heterocycles. The van der Waals surface area contributed by atoms with Gasteiger partial charge in [0, 0.05) is 25.5 Å². The standard InChI is InChI=1S/C14H19N3O/c1-11(12-5-4-6-13(18)9-12)17(3)10-14-15-7-8-16(14)2/h4-9,11,18H,10H2,1-3H3/t11-/m0/s1. The van der Waals surface area contributed by atoms with E-state index < -0.39 is 0 Å². The second-order valence-electron chi connectivity index (χ2n) is 4.64. The van der Waals surface area contributed by atoms with Crippen molar-refractivity contribution in [3.05, 3.63) is 48.0 Å². The zero-order valence-corrected chi connectivity index (χ0v) is 11.0. The minimum absolute atomic E-state index is 0.230. The smallest absolute Gasteiger partial charge is 0.122 e. The Morgan fingerprint density at radius 1 is 1.44 bits per heavy atom. The Morgan fingerprint density at radius 3 is 2.83 bits per heavy atom. The molecular weight excluding hydrogens is 226 g/mol. The van der Waals surface area contributed by atoms with Crippen molar-refractivity contribution in [2.45, 2.75) is 19.5 Å². The number of aromatic nitrogens is 2. The summed E-state index contributed by atoms with van der Waals surface area (Å²) in [6.07, 6.45) is 3.75. The number of aryl methyl sites for hydroxylation is 1. The monoisotopic (exact) mass is 245 g/mol. The first kappa shape index (κ1) is 12.6. The van der Waals surface area contributed by atoms with Crippen LogP contribution in [-0.4, -0.2) is 26.6 Å². The SMILES string of the molecule is C[C@@H](c1cccc(O)c1)N(C)Cc1nccn1C. The zero-order valence-electron chi connectivity index (χ0n) is 11.0. The number of rotatable bonds is 4. The van der Waals surface area contributed by atoms with E-state index in [4.69, 9.17) is 0 Å². The van der Waals surface area contributed by atoms with Crippen LogP contribution >= 0.6 is 0 Å². The predicted molar refractivity (Wildman–Crippen MR) is 71.2 cm³/mol. The van der Waals surface area contributed by atoms with Gasteiger partial charge < -0.3 is 9.67 Å². The third-order valence-corrected chi connectivity index (χ3v) is 3.33. The van der Waals surface area contributed by atoms with E-state index >= 15 is 0 Å². The fraction of sp³-hybridized carbons (Fsp3) is 0.357. The van der Waals surface area contributed by atoms with Gasteiger partial charge in [-0.15, -0.1) is 0 Å². The highest BCUT2D eigenvalue weighted by Crippen LogP contribution is 2.23. The first-order valence-corrected chi connectivity index (χ1v) is 6.03. The van der Waals surface area contributed by atoms with Gasteiger partial charge in [0.05, 0.1) is 6.54 Å². The van der Waals surface area contributed by atoms with Crippen molar-refractivity contribution < 1.29 is 5.11 Å². The van der Waals surface area contributed by atoms with E-state index in [2.05, 4.69) is 23.9 Å². The maximum atomic E-state index is 9.51. The van der Waals surface area contributed by atoms with Crippen molar-refractivity contribution >= 4 is 0 Å². The van der Waals surface area contributed by atoms with Crippen LogP contribution in [0, 0.1) is 0 Å². The molecule has 0 bridgehead atoms. The molecule has 0 unspecified atom stereocenters. The summed E-state index contributed by atoms with van der Waals surface area (Å²) in [7, 11) is 4.05. The van der Waals surface area contributed by atoms with E-state index in [9.17, 15) is 5.11 Å². The molecule has 1 atom stereocenters. The first-order valence-electron chi connectivity index (χ1n) is 6.03. The molecule has 4 nitrogen and oxygen atoms in total. The molecule has 18 heavy (non-hydrogen) atoms. The quantitative estimate of drug-likeness (QED) is 0.898. The lowest BCUT2D eigenvalue weighted by molar-refractivity contribution is 0.244. The van der Waals surface area contributed by atoms with E-state index in [0.717, 1.165) is 17.9 Å². The Morgan fingerprint density at radius 2 is 2.22 bits per heavy atom. The van der Waals surface area contributed by atoms with Crippen molar-refractivity contribution in [1.29, 1.82) is 0 Å². The van der Waals surface area contributed by atoms with Crippen LogP contribution in [-0.2, 0) is 13.6 Å². The molecule has 0 fully saturated rings. The summed E-state index contributed by atoms with van der Waals surface area (Å²) in [4.78, 5) is 6.53. The molecule has 1 N–H and O–H groups in total. The van der Waals surface area contributed by atoms with Crippen molar-refractivity contribution in [2.75, 3.05) is 7.05 Å². The Hall–Kier alpha value is -1.81. The highest BCUT2D eigenvalue weighted by Gasteiger charge is 2.14. The van der Waals surface area contributed by atoms with Gasteiger partial charge in [-0.05, 0) is 31.7 Å². The fourth-order valence-electron chi connectivity index (χ4n) is 1.95. The predicted octanol–water partition coefficient (Wildman–Crippen LogP) is 2.32. The van der Waals surface area contributed by atoms with Crippen LogP contribution in [0.5, 0.6) is 5.75 Å². The van der Waals surface area contributed by atoms with Gasteiger partial charge in [0.1, 0.15) is 11.6 Å². The maximum Gasteiger partial charge on any atom is 0.122 e. The van der Waals surface area contributed by atoms with Crippen LogP contribution < -0.4 is 0 Å². The third kappa shape index (κ3) is 2.71. The lowest BCUT2D eigenvalue weighted by atomic mass is 10.1. The van der Waals surface area contributed by atoms with Gasteiger partial charge in [-0.1, -0.05) is 12.1 Å². The number of nitrogens with zero attached hydrogens (tertiary/aromatic N) is 3. The zero-order chi connectivity index (χ0) is 13.1. The second-order valence-corrected chi connectivity index (χ2v) is 4.64. The molecule has 1 aromatic carbocycles. The molecule has 0 aliphatic carbocycles. The molecule has 0 aliphatic rings. The Balaban J connectivity index is 2.09. The molecule has 0 spiro atoms. The average Bonchev–Trinajstić information content (AvgIpc) is 2.74. The van der Waals surface area contributed by atoms with Crippen LogP contribution in [0.15, 0.2) is 36.7 Å². The van der Waals surface area contributed by atoms with E-state index in [1.165, 1.54) is 0 Å². The number of benzene rings is 1. The van der Waals surface area contributed by atoms with Gasteiger partial charge in [0.25, 0.3) is 0 Å². The lowest BCUT2D eigenvalue weighted by Gasteiger charge is -2.24. The summed E-state index contributed by atoms with van der Waals surface area (Å²) >= 11 is 0. The lowest BCUT2D eigenvalue weighted by Crippen LogP contribution is -2.23. The first-order chi connectivity index (χ1) is 8.58. The van der Waals surface area contributed by atoms with E-state index in [1.807, 2.05) is 36.1 Å². The van der Waals surface area contributed by atoms with Crippen LogP contribution in [0.4, 0.5) is 0 Å². The highest BCUT2D eigenvalue weighted by molar-refractivity contribution is 5.29. The third-order valence-electron chi connectivity index (χ3n) is 3.33. The summed E-state index contributed by atoms with van der Waals surface area (Å²) < 4.78 is 2.02. The van der Waals surface area contributed by atoms with Gasteiger partial charge in [-0.25, -0.2) is 4.98 Å². The van der Waals surface area contributed by atoms with Gasteiger partial charge in [-0.2, -0.15) is 0 Å². The van der Waals surface area contributed by atoms with Crippen molar-refractivity contribution in [1.82, 2.24) is 14.5 Å². The molecular formula is C14H19N3O.